The molecule has 0 unspecified atom stereocenters. The van der Waals surface area contributed by atoms with Gasteiger partial charge >= 0.3 is 0 Å². The van der Waals surface area contributed by atoms with E-state index in [4.69, 9.17) is 9.98 Å². The number of imidazole rings is 1. The monoisotopic (exact) mass is 383 g/mol. The minimum atomic E-state index is 0.801. The van der Waals surface area contributed by atoms with E-state index in [1.807, 2.05) is 12.3 Å². The number of rotatable bonds is 5. The molecule has 1 saturated heterocycles. The zero-order valence-corrected chi connectivity index (χ0v) is 16.7. The normalized spacial score (nSPS) is 15.6. The van der Waals surface area contributed by atoms with Crippen LogP contribution < -0.4 is 4.90 Å². The number of hydrogen-bond donors (Lipinski definition) is 1. The van der Waals surface area contributed by atoms with Gasteiger partial charge in [0.25, 0.3) is 0 Å². The third-order valence-electron chi connectivity index (χ3n) is 6.03. The fraction of sp³-hybridized carbons (Fsp3) is 0.280. The van der Waals surface area contributed by atoms with Crippen molar-refractivity contribution in [2.24, 2.45) is 4.99 Å². The molecule has 1 fully saturated rings. The summed E-state index contributed by atoms with van der Waals surface area (Å²) in [5, 5.41) is 2.46. The van der Waals surface area contributed by atoms with E-state index < -0.39 is 0 Å². The largest absolute Gasteiger partial charge is 0.333 e. The van der Waals surface area contributed by atoms with Crippen molar-refractivity contribution in [3.8, 4) is 0 Å². The highest BCUT2D eigenvalue weighted by Gasteiger charge is 2.16. The lowest BCUT2D eigenvalue weighted by Gasteiger charge is -2.23. The number of piperidine rings is 1. The minimum absolute atomic E-state index is 0.801. The molecule has 4 heteroatoms. The van der Waals surface area contributed by atoms with Crippen molar-refractivity contribution in [2.45, 2.75) is 25.8 Å². The Bertz CT molecular complexity index is 1150. The first-order chi connectivity index (χ1) is 14.4. The predicted octanol–water partition coefficient (Wildman–Crippen LogP) is 4.01. The van der Waals surface area contributed by atoms with Crippen LogP contribution >= 0.6 is 0 Å². The molecule has 0 atom stereocenters. The van der Waals surface area contributed by atoms with Gasteiger partial charge in [0.2, 0.25) is 5.95 Å². The average molecular weight is 384 g/mol. The summed E-state index contributed by atoms with van der Waals surface area (Å²) in [6.45, 7) is 4.68. The highest BCUT2D eigenvalue weighted by atomic mass is 15.2. The molecule has 0 aliphatic carbocycles. The number of likely N-dealkylation sites (tertiary alicyclic amines) is 1. The molecule has 29 heavy (non-hydrogen) atoms. The lowest BCUT2D eigenvalue weighted by molar-refractivity contribution is -0.905. The van der Waals surface area contributed by atoms with Crippen LogP contribution in [0.5, 0.6) is 0 Å². The van der Waals surface area contributed by atoms with Crippen LogP contribution in [-0.4, -0.2) is 35.4 Å². The highest BCUT2D eigenvalue weighted by Crippen LogP contribution is 2.22. The van der Waals surface area contributed by atoms with E-state index in [9.17, 15) is 0 Å². The second kappa shape index (κ2) is 8.18. The van der Waals surface area contributed by atoms with Crippen molar-refractivity contribution < 1.29 is 4.90 Å². The maximum atomic E-state index is 4.85. The molecule has 5 rings (SSSR count). The summed E-state index contributed by atoms with van der Waals surface area (Å²) in [6, 6.07) is 23.2. The first-order valence-electron chi connectivity index (χ1n) is 10.7. The van der Waals surface area contributed by atoms with Gasteiger partial charge in [0, 0.05) is 11.8 Å². The molecule has 0 radical (unpaired) electrons. The topological polar surface area (TPSA) is 34.6 Å². The van der Waals surface area contributed by atoms with Crippen LogP contribution in [0.1, 0.15) is 24.8 Å². The molecule has 3 aromatic carbocycles. The third-order valence-corrected chi connectivity index (χ3v) is 6.03. The lowest BCUT2D eigenvalue weighted by Crippen LogP contribution is -3.13. The van der Waals surface area contributed by atoms with Crippen molar-refractivity contribution in [3.05, 3.63) is 72.3 Å². The molecule has 1 aromatic heterocycles. The summed E-state index contributed by atoms with van der Waals surface area (Å²) in [4.78, 5) is 11.4. The molecule has 0 bridgehead atoms. The Hall–Kier alpha value is -2.98. The van der Waals surface area contributed by atoms with Gasteiger partial charge in [-0.3, -0.25) is 0 Å². The number of benzene rings is 3. The van der Waals surface area contributed by atoms with Crippen LogP contribution in [0.4, 0.5) is 5.95 Å². The maximum absolute atomic E-state index is 4.85. The Morgan fingerprint density at radius 1 is 0.897 bits per heavy atom. The second-order valence-electron chi connectivity index (χ2n) is 7.94. The van der Waals surface area contributed by atoms with Crippen molar-refractivity contribution in [1.82, 2.24) is 9.55 Å². The Kier molecular flexibility index (Phi) is 5.10. The molecule has 2 heterocycles. The zero-order chi connectivity index (χ0) is 19.5. The summed E-state index contributed by atoms with van der Waals surface area (Å²) in [5.74, 6) is 0.801. The molecule has 146 valence electrons. The zero-order valence-electron chi connectivity index (χ0n) is 16.7. The van der Waals surface area contributed by atoms with E-state index in [0.29, 0.717) is 0 Å². The van der Waals surface area contributed by atoms with Crippen molar-refractivity contribution in [1.29, 1.82) is 0 Å². The molecule has 0 saturated carbocycles. The Balaban J connectivity index is 1.48. The molecular formula is C25H27N4+. The van der Waals surface area contributed by atoms with E-state index in [2.05, 4.69) is 65.2 Å². The van der Waals surface area contributed by atoms with Crippen LogP contribution in [-0.2, 0) is 6.54 Å². The highest BCUT2D eigenvalue weighted by molar-refractivity contribution is 6.00. The number of aromatic nitrogens is 2. The standard InChI is InChI=1S/C25H26N4/c1-6-15-28(16-7-1)17-18-29-24-14-5-4-13-23(24)27-25(29)26-19-21-11-8-10-20-9-2-3-12-22(20)21/h2-5,8-14,19H,1,6-7,15-18H2/p+1. The number of quaternary nitrogens is 1. The van der Waals surface area contributed by atoms with Crippen LogP contribution in [0.15, 0.2) is 71.7 Å². The number of para-hydroxylation sites is 2. The van der Waals surface area contributed by atoms with Gasteiger partial charge in [-0.2, -0.15) is 0 Å². The van der Waals surface area contributed by atoms with Crippen molar-refractivity contribution in [2.75, 3.05) is 19.6 Å². The van der Waals surface area contributed by atoms with E-state index in [1.165, 1.54) is 48.6 Å². The summed E-state index contributed by atoms with van der Waals surface area (Å²) < 4.78 is 2.29. The smallest absolute Gasteiger partial charge is 0.230 e. The molecule has 1 aliphatic heterocycles. The molecular weight excluding hydrogens is 356 g/mol. The molecule has 1 aliphatic rings. The average Bonchev–Trinajstić information content (AvgIpc) is 3.14. The number of aliphatic imine (C=N–C) groups is 1. The molecule has 4 aromatic rings. The van der Waals surface area contributed by atoms with Gasteiger partial charge in [-0.05, 0) is 42.2 Å². The van der Waals surface area contributed by atoms with Crippen LogP contribution in [0.25, 0.3) is 21.8 Å². The van der Waals surface area contributed by atoms with Gasteiger partial charge in [-0.1, -0.05) is 54.6 Å². The van der Waals surface area contributed by atoms with E-state index >= 15 is 0 Å². The van der Waals surface area contributed by atoms with Gasteiger partial charge < -0.3 is 9.47 Å². The van der Waals surface area contributed by atoms with Crippen LogP contribution in [0.3, 0.4) is 0 Å². The predicted molar refractivity (Wildman–Crippen MR) is 120 cm³/mol. The molecule has 0 amide bonds. The van der Waals surface area contributed by atoms with Gasteiger partial charge in [0.1, 0.15) is 0 Å². The number of fused-ring (bicyclic) bond motifs is 2. The number of nitrogens with one attached hydrogen (secondary N) is 1. The number of hydrogen-bond acceptors (Lipinski definition) is 2. The van der Waals surface area contributed by atoms with E-state index in [-0.39, 0.29) is 0 Å². The van der Waals surface area contributed by atoms with Crippen molar-refractivity contribution >= 4 is 34.0 Å². The summed E-state index contributed by atoms with van der Waals surface area (Å²) in [6.07, 6.45) is 6.06. The SMILES string of the molecule is C(=Nc1nc2ccccc2n1CC[NH+]1CCCCC1)c1cccc2ccccc12. The third kappa shape index (κ3) is 3.81. The van der Waals surface area contributed by atoms with Crippen LogP contribution in [0.2, 0.25) is 0 Å². The van der Waals surface area contributed by atoms with Gasteiger partial charge in [0.15, 0.2) is 0 Å². The lowest BCUT2D eigenvalue weighted by atomic mass is 10.1. The number of nitrogens with zero attached hydrogens (tertiary/aromatic N) is 3. The summed E-state index contributed by atoms with van der Waals surface area (Å²) in [7, 11) is 0. The van der Waals surface area contributed by atoms with E-state index in [1.54, 1.807) is 4.90 Å². The van der Waals surface area contributed by atoms with Gasteiger partial charge in [-0.25, -0.2) is 9.98 Å². The van der Waals surface area contributed by atoms with Gasteiger partial charge in [0.05, 0.1) is 37.2 Å². The van der Waals surface area contributed by atoms with Crippen LogP contribution in [0, 0.1) is 0 Å². The van der Waals surface area contributed by atoms with Crippen molar-refractivity contribution in [3.63, 3.8) is 0 Å². The molecule has 0 spiro atoms. The molecule has 4 nitrogen and oxygen atoms in total. The Morgan fingerprint density at radius 2 is 1.69 bits per heavy atom. The fourth-order valence-corrected chi connectivity index (χ4v) is 4.44. The molecule has 1 N–H and O–H groups in total. The Labute approximate surface area is 171 Å². The second-order valence-corrected chi connectivity index (χ2v) is 7.94. The maximum Gasteiger partial charge on any atom is 0.230 e. The fourth-order valence-electron chi connectivity index (χ4n) is 4.44. The first kappa shape index (κ1) is 18.1. The minimum Gasteiger partial charge on any atom is -0.333 e. The first-order valence-corrected chi connectivity index (χ1v) is 10.7. The van der Waals surface area contributed by atoms with Gasteiger partial charge in [-0.15, -0.1) is 0 Å². The Morgan fingerprint density at radius 3 is 2.62 bits per heavy atom. The summed E-state index contributed by atoms with van der Waals surface area (Å²) in [5.41, 5.74) is 3.32. The quantitative estimate of drug-likeness (QED) is 0.519. The van der Waals surface area contributed by atoms with E-state index in [0.717, 1.165) is 30.1 Å². The summed E-state index contributed by atoms with van der Waals surface area (Å²) >= 11 is 0.